The summed E-state index contributed by atoms with van der Waals surface area (Å²) in [6.07, 6.45) is 0. The third-order valence-corrected chi connectivity index (χ3v) is 1.16. The molecule has 58 valence electrons. The monoisotopic (exact) mass is 196 g/mol. The minimum Gasteiger partial charge on any atom is -0.855 e. The third-order valence-electron chi connectivity index (χ3n) is 0.348. The van der Waals surface area contributed by atoms with E-state index in [9.17, 15) is 5.11 Å². The Hall–Kier alpha value is 1.27. The summed E-state index contributed by atoms with van der Waals surface area (Å²) in [6, 6.07) is 0. The van der Waals surface area contributed by atoms with Crippen LogP contribution < -0.4 is 10.2 Å². The molecule has 0 saturated heterocycles. The summed E-state index contributed by atoms with van der Waals surface area (Å²) in [5, 5.41) is 18.2. The average Bonchev–Trinajstić information content (AvgIpc) is 1.88. The Morgan fingerprint density at radius 2 is 1.70 bits per heavy atom. The van der Waals surface area contributed by atoms with Gasteiger partial charge in [-0.25, -0.2) is 0 Å². The maximum Gasteiger partial charge on any atom is 2.00 e. The van der Waals surface area contributed by atoms with E-state index in [1.165, 1.54) is 0 Å². The van der Waals surface area contributed by atoms with Crippen LogP contribution in [-0.4, -0.2) is 47.5 Å². The van der Waals surface area contributed by atoms with Crippen LogP contribution in [0.2, 0.25) is 0 Å². The SMILES string of the molecule is CC[O-].[Mg+2].[O-]CC(Cl)CCl. The van der Waals surface area contributed by atoms with E-state index in [1.807, 2.05) is 0 Å². The molecule has 0 aromatic carbocycles. The first kappa shape index (κ1) is 17.4. The summed E-state index contributed by atoms with van der Waals surface area (Å²) < 4.78 is 0. The zero-order valence-corrected chi connectivity index (χ0v) is 8.90. The van der Waals surface area contributed by atoms with Crippen molar-refractivity contribution in [2.45, 2.75) is 12.3 Å². The molecule has 0 bridgehead atoms. The van der Waals surface area contributed by atoms with Crippen molar-refractivity contribution >= 4 is 46.3 Å². The second kappa shape index (κ2) is 16.7. The van der Waals surface area contributed by atoms with Gasteiger partial charge in [-0.2, -0.15) is 0 Å². The Labute approximate surface area is 87.7 Å². The van der Waals surface area contributed by atoms with E-state index < -0.39 is 0 Å². The molecule has 0 heterocycles. The quantitative estimate of drug-likeness (QED) is 0.429. The van der Waals surface area contributed by atoms with Crippen LogP contribution in [0, 0.1) is 0 Å². The molecule has 2 nitrogen and oxygen atoms in total. The van der Waals surface area contributed by atoms with Gasteiger partial charge in [0.25, 0.3) is 0 Å². The van der Waals surface area contributed by atoms with Gasteiger partial charge in [0.05, 0.1) is 0 Å². The molecule has 0 amide bonds. The van der Waals surface area contributed by atoms with Crippen molar-refractivity contribution in [3.63, 3.8) is 0 Å². The van der Waals surface area contributed by atoms with E-state index >= 15 is 0 Å². The van der Waals surface area contributed by atoms with Crippen LogP contribution in [0.5, 0.6) is 0 Å². The molecule has 0 aromatic heterocycles. The molecule has 0 fully saturated rings. The topological polar surface area (TPSA) is 46.1 Å². The minimum absolute atomic E-state index is 0. The van der Waals surface area contributed by atoms with Gasteiger partial charge in [-0.15, -0.1) is 36.4 Å². The number of rotatable bonds is 2. The Morgan fingerprint density at radius 1 is 1.40 bits per heavy atom. The third kappa shape index (κ3) is 22.8. The standard InChI is InChI=1S/C3H5Cl2O.C2H5O.Mg/c4-1-3(5)2-6;1-2-3;/h3H,1-2H2;2H2,1H3;/q2*-1;+2. The number of alkyl halides is 2. The van der Waals surface area contributed by atoms with Crippen molar-refractivity contribution in [2.24, 2.45) is 0 Å². The molecular weight excluding hydrogens is 187 g/mol. The second-order valence-electron chi connectivity index (χ2n) is 1.21. The van der Waals surface area contributed by atoms with Crippen LogP contribution >= 0.6 is 23.2 Å². The van der Waals surface area contributed by atoms with Gasteiger partial charge < -0.3 is 10.2 Å². The summed E-state index contributed by atoms with van der Waals surface area (Å²) in [5.74, 6) is 0.255. The molecule has 0 aliphatic carbocycles. The predicted octanol–water partition coefficient (Wildman–Crippen LogP) is -0.821. The number of hydrogen-bond acceptors (Lipinski definition) is 2. The van der Waals surface area contributed by atoms with Gasteiger partial charge in [0.1, 0.15) is 0 Å². The van der Waals surface area contributed by atoms with Crippen molar-refractivity contribution in [3.05, 3.63) is 0 Å². The van der Waals surface area contributed by atoms with E-state index in [1.54, 1.807) is 6.92 Å². The smallest absolute Gasteiger partial charge is 0.855 e. The van der Waals surface area contributed by atoms with Crippen LogP contribution in [0.4, 0.5) is 0 Å². The summed E-state index contributed by atoms with van der Waals surface area (Å²) in [7, 11) is 0. The molecule has 0 aliphatic rings. The largest absolute Gasteiger partial charge is 2.00 e. The average molecular weight is 197 g/mol. The first-order chi connectivity index (χ1) is 4.22. The van der Waals surface area contributed by atoms with Gasteiger partial charge in [-0.05, 0) is 0 Å². The van der Waals surface area contributed by atoms with Gasteiger partial charge >= 0.3 is 23.1 Å². The Bertz CT molecular complexity index is 44.6. The Morgan fingerprint density at radius 3 is 1.70 bits per heavy atom. The summed E-state index contributed by atoms with van der Waals surface area (Å²) in [4.78, 5) is 0. The van der Waals surface area contributed by atoms with Crippen molar-refractivity contribution in [1.82, 2.24) is 0 Å². The van der Waals surface area contributed by atoms with Crippen LogP contribution in [0.3, 0.4) is 0 Å². The maximum atomic E-state index is 9.64. The molecule has 5 heteroatoms. The first-order valence-corrected chi connectivity index (χ1v) is 3.56. The van der Waals surface area contributed by atoms with E-state index in [4.69, 9.17) is 28.3 Å². The fraction of sp³-hybridized carbons (Fsp3) is 1.00. The molecule has 0 aromatic rings. The molecular formula is C5H10Cl2MgO2. The van der Waals surface area contributed by atoms with Crippen molar-refractivity contribution in [2.75, 3.05) is 19.1 Å². The molecule has 0 saturated carbocycles. The molecule has 10 heavy (non-hydrogen) atoms. The molecule has 1 unspecified atom stereocenters. The fourth-order valence-corrected chi connectivity index (χ4v) is 0.134. The van der Waals surface area contributed by atoms with Crippen LogP contribution in [0.15, 0.2) is 0 Å². The van der Waals surface area contributed by atoms with Crippen LogP contribution in [-0.2, 0) is 0 Å². The molecule has 0 rings (SSSR count). The van der Waals surface area contributed by atoms with E-state index in [2.05, 4.69) is 0 Å². The summed E-state index contributed by atoms with van der Waals surface area (Å²) in [5.41, 5.74) is 0. The van der Waals surface area contributed by atoms with E-state index in [0.29, 0.717) is 0 Å². The van der Waals surface area contributed by atoms with Gasteiger partial charge in [0, 0.05) is 11.3 Å². The van der Waals surface area contributed by atoms with Gasteiger partial charge in [0.2, 0.25) is 0 Å². The zero-order chi connectivity index (χ0) is 7.70. The minimum atomic E-state index is -0.383. The molecule has 0 N–H and O–H groups in total. The van der Waals surface area contributed by atoms with E-state index in [0.717, 1.165) is 0 Å². The molecule has 0 radical (unpaired) electrons. The fourth-order valence-electron chi connectivity index (χ4n) is 0.0445. The normalized spacial score (nSPS) is 10.5. The maximum absolute atomic E-state index is 9.64. The molecule has 0 spiro atoms. The van der Waals surface area contributed by atoms with Gasteiger partial charge in [-0.1, -0.05) is 6.92 Å². The van der Waals surface area contributed by atoms with E-state index in [-0.39, 0.29) is 47.5 Å². The van der Waals surface area contributed by atoms with Crippen molar-refractivity contribution in [3.8, 4) is 0 Å². The van der Waals surface area contributed by atoms with Crippen LogP contribution in [0.25, 0.3) is 0 Å². The zero-order valence-electron chi connectivity index (χ0n) is 5.98. The molecule has 1 atom stereocenters. The predicted molar refractivity (Wildman–Crippen MR) is 41.5 cm³/mol. The Balaban J connectivity index is -0.000000107. The second-order valence-corrected chi connectivity index (χ2v) is 2.13. The Kier molecular flexibility index (Phi) is 29.0. The van der Waals surface area contributed by atoms with Crippen LogP contribution in [0.1, 0.15) is 6.92 Å². The van der Waals surface area contributed by atoms with Gasteiger partial charge in [-0.3, -0.25) is 0 Å². The number of halogens is 2. The van der Waals surface area contributed by atoms with Gasteiger partial charge in [0.15, 0.2) is 0 Å². The summed E-state index contributed by atoms with van der Waals surface area (Å²) >= 11 is 10.3. The van der Waals surface area contributed by atoms with Crippen molar-refractivity contribution in [1.29, 1.82) is 0 Å². The first-order valence-electron chi connectivity index (χ1n) is 2.59. The number of hydrogen-bond donors (Lipinski definition) is 0. The molecule has 0 aliphatic heterocycles. The van der Waals surface area contributed by atoms with Crippen molar-refractivity contribution < 1.29 is 10.2 Å². The summed E-state index contributed by atoms with van der Waals surface area (Å²) in [6.45, 7) is 1.28.